The minimum Gasteiger partial charge on any atom is -0.508 e. The van der Waals surface area contributed by atoms with Crippen LogP contribution in [0, 0.1) is 17.7 Å². The van der Waals surface area contributed by atoms with Gasteiger partial charge in [0.1, 0.15) is 17.3 Å². The summed E-state index contributed by atoms with van der Waals surface area (Å²) < 4.78 is 20.3. The lowest BCUT2D eigenvalue weighted by Crippen LogP contribution is -2.71. The van der Waals surface area contributed by atoms with Crippen LogP contribution in [0.25, 0.3) is 0 Å². The Morgan fingerprint density at radius 3 is 2.47 bits per heavy atom. The number of likely N-dealkylation sites (tertiary alicyclic amines) is 1. The second kappa shape index (κ2) is 14.6. The fraction of sp³-hybridized carbons (Fsp3) is 0.400. The molecule has 2 saturated heterocycles. The molecule has 3 amide bonds. The van der Waals surface area contributed by atoms with Crippen LogP contribution in [0.3, 0.4) is 0 Å². The second-order valence-electron chi connectivity index (χ2n) is 11.8. The first kappa shape index (κ1) is 32.0. The number of halogens is 1. The Morgan fingerprint density at radius 1 is 1.02 bits per heavy atom. The number of ketones is 1. The number of methoxy groups -OCH3 is 1. The highest BCUT2D eigenvalue weighted by molar-refractivity contribution is 5.93. The van der Waals surface area contributed by atoms with Crippen LogP contribution in [0.4, 0.5) is 9.18 Å². The number of rotatable bonds is 11. The van der Waals surface area contributed by atoms with E-state index in [1.165, 1.54) is 13.2 Å². The fourth-order valence-corrected chi connectivity index (χ4v) is 6.42. The number of piperidine rings is 1. The minimum atomic E-state index is -0.774. The molecule has 0 saturated carbocycles. The van der Waals surface area contributed by atoms with Crippen molar-refractivity contribution in [3.8, 4) is 11.5 Å². The molecule has 2 N–H and O–H groups in total. The Balaban J connectivity index is 1.50. The Labute approximate surface area is 263 Å². The van der Waals surface area contributed by atoms with Crippen LogP contribution in [-0.4, -0.2) is 70.5 Å². The summed E-state index contributed by atoms with van der Waals surface area (Å²) in [6, 6.07) is 19.7. The number of carbonyl (C=O) groups excluding carboxylic acids is 3. The number of Topliss-reactive ketones (excluding diaryl/α,β-unsaturated/α-hetero) is 1. The molecule has 3 aromatic rings. The molecule has 238 valence electrons. The van der Waals surface area contributed by atoms with Gasteiger partial charge in [0.25, 0.3) is 0 Å². The quantitative estimate of drug-likeness (QED) is 0.297. The third kappa shape index (κ3) is 7.45. The maximum absolute atomic E-state index is 15.1. The van der Waals surface area contributed by atoms with Crippen molar-refractivity contribution in [2.45, 2.75) is 51.7 Å². The first-order valence-corrected chi connectivity index (χ1v) is 15.6. The lowest BCUT2D eigenvalue weighted by atomic mass is 9.74. The number of nitrogens with zero attached hydrogens (tertiary/aromatic N) is 3. The molecule has 3 unspecified atom stereocenters. The maximum atomic E-state index is 15.1. The molecule has 10 heteroatoms. The number of amides is 3. The largest absolute Gasteiger partial charge is 0.508 e. The third-order valence-corrected chi connectivity index (χ3v) is 8.74. The second-order valence-corrected chi connectivity index (χ2v) is 11.8. The van der Waals surface area contributed by atoms with Crippen molar-refractivity contribution < 1.29 is 28.6 Å². The highest BCUT2D eigenvalue weighted by atomic mass is 19.1. The molecular weight excluding hydrogens is 575 g/mol. The lowest BCUT2D eigenvalue weighted by Gasteiger charge is -2.53. The number of phenolic OH excluding ortho intramolecular Hbond substituents is 1. The zero-order valence-corrected chi connectivity index (χ0v) is 25.8. The van der Waals surface area contributed by atoms with Gasteiger partial charge in [-0.3, -0.25) is 14.6 Å². The molecule has 2 fully saturated rings. The van der Waals surface area contributed by atoms with E-state index in [1.807, 2.05) is 35.3 Å². The van der Waals surface area contributed by atoms with Gasteiger partial charge < -0.3 is 20.1 Å². The van der Waals surface area contributed by atoms with Crippen LogP contribution in [0.15, 0.2) is 72.8 Å². The number of hydrazine groups is 1. The Hall–Kier alpha value is -4.44. The topological polar surface area (TPSA) is 102 Å². The van der Waals surface area contributed by atoms with E-state index in [1.54, 1.807) is 46.3 Å². The molecule has 0 bridgehead atoms. The predicted octanol–water partition coefficient (Wildman–Crippen LogP) is 4.93. The zero-order valence-electron chi connectivity index (χ0n) is 25.8. The van der Waals surface area contributed by atoms with Crippen LogP contribution >= 0.6 is 0 Å². The standard InChI is InChI=1S/C35H41FN4O5/c1-3-4-8-17-39-23-32(42)33-29(18-24-11-14-27(41)15-12-24)34(43)38(21-26-13-16-28(45-2)19-30(26)36)22-31(33)40(39)35(44)37-20-25-9-6-5-7-10-25/h5-7,9-16,19,29,31,33,41H,3-4,8,17-18,20-23H2,1-2H3,(H,37,44). The van der Waals surface area contributed by atoms with Gasteiger partial charge in [-0.15, -0.1) is 0 Å². The number of hydrogen-bond donors (Lipinski definition) is 2. The normalized spacial score (nSPS) is 20.2. The first-order chi connectivity index (χ1) is 21.8. The molecule has 5 rings (SSSR count). The number of carbonyl (C=O) groups is 3. The van der Waals surface area contributed by atoms with E-state index in [0.717, 1.165) is 30.4 Å². The molecule has 3 atom stereocenters. The van der Waals surface area contributed by atoms with Gasteiger partial charge in [0.05, 0.1) is 31.5 Å². The summed E-state index contributed by atoms with van der Waals surface area (Å²) in [5, 5.41) is 16.3. The molecule has 2 heterocycles. The highest BCUT2D eigenvalue weighted by Crippen LogP contribution is 2.37. The van der Waals surface area contributed by atoms with Crippen molar-refractivity contribution in [3.63, 3.8) is 0 Å². The number of benzene rings is 3. The molecule has 9 nitrogen and oxygen atoms in total. The number of hydrogen-bond acceptors (Lipinski definition) is 6. The summed E-state index contributed by atoms with van der Waals surface area (Å²) in [5.41, 5.74) is 2.03. The van der Waals surface area contributed by atoms with Crippen LogP contribution in [0.2, 0.25) is 0 Å². The van der Waals surface area contributed by atoms with Crippen LogP contribution < -0.4 is 10.1 Å². The van der Waals surface area contributed by atoms with Gasteiger partial charge in [-0.2, -0.15) is 0 Å². The van der Waals surface area contributed by atoms with E-state index in [-0.39, 0.29) is 49.5 Å². The summed E-state index contributed by atoms with van der Waals surface area (Å²) in [6.45, 7) is 3.00. The van der Waals surface area contributed by atoms with E-state index < -0.39 is 23.7 Å². The number of nitrogens with one attached hydrogen (secondary N) is 1. The number of phenols is 1. The van der Waals surface area contributed by atoms with Crippen LogP contribution in [0.5, 0.6) is 11.5 Å². The molecule has 0 spiro atoms. The fourth-order valence-electron chi connectivity index (χ4n) is 6.42. The molecule has 0 aromatic heterocycles. The summed E-state index contributed by atoms with van der Waals surface area (Å²) in [6.07, 6.45) is 2.98. The molecular formula is C35H41FN4O5. The number of urea groups is 1. The number of aromatic hydroxyl groups is 1. The van der Waals surface area contributed by atoms with Gasteiger partial charge in [-0.25, -0.2) is 14.2 Å². The van der Waals surface area contributed by atoms with E-state index in [0.29, 0.717) is 24.4 Å². The van der Waals surface area contributed by atoms with Crippen molar-refractivity contribution >= 4 is 17.7 Å². The van der Waals surface area contributed by atoms with Crippen molar-refractivity contribution in [2.24, 2.45) is 11.8 Å². The summed E-state index contributed by atoms with van der Waals surface area (Å²) in [5.74, 6) is -1.91. The van der Waals surface area contributed by atoms with Crippen LogP contribution in [-0.2, 0) is 29.1 Å². The van der Waals surface area contributed by atoms with Crippen molar-refractivity contribution in [1.82, 2.24) is 20.2 Å². The number of ether oxygens (including phenoxy) is 1. The minimum absolute atomic E-state index is 0.0204. The molecule has 3 aromatic carbocycles. The number of unbranched alkanes of at least 4 members (excludes halogenated alkanes) is 2. The van der Waals surface area contributed by atoms with Gasteiger partial charge in [0.2, 0.25) is 5.91 Å². The average Bonchev–Trinajstić information content (AvgIpc) is 3.04. The van der Waals surface area contributed by atoms with Gasteiger partial charge in [-0.05, 0) is 42.2 Å². The Morgan fingerprint density at radius 2 is 1.78 bits per heavy atom. The Kier molecular flexibility index (Phi) is 10.3. The van der Waals surface area contributed by atoms with Crippen molar-refractivity contribution in [3.05, 3.63) is 95.3 Å². The van der Waals surface area contributed by atoms with Gasteiger partial charge in [0, 0.05) is 37.8 Å². The summed E-state index contributed by atoms with van der Waals surface area (Å²) in [4.78, 5) is 43.7. The predicted molar refractivity (Wildman–Crippen MR) is 168 cm³/mol. The molecule has 0 radical (unpaired) electrons. The highest BCUT2D eigenvalue weighted by Gasteiger charge is 2.53. The summed E-state index contributed by atoms with van der Waals surface area (Å²) >= 11 is 0. The first-order valence-electron chi connectivity index (χ1n) is 15.6. The zero-order chi connectivity index (χ0) is 31.9. The molecule has 2 aliphatic rings. The maximum Gasteiger partial charge on any atom is 0.332 e. The van der Waals surface area contributed by atoms with E-state index >= 15 is 4.39 Å². The van der Waals surface area contributed by atoms with Crippen molar-refractivity contribution in [2.75, 3.05) is 26.7 Å². The van der Waals surface area contributed by atoms with Gasteiger partial charge in [0.15, 0.2) is 5.78 Å². The number of fused-ring (bicyclic) bond motifs is 1. The molecule has 45 heavy (non-hydrogen) atoms. The van der Waals surface area contributed by atoms with Gasteiger partial charge in [-0.1, -0.05) is 68.3 Å². The molecule has 2 aliphatic heterocycles. The van der Waals surface area contributed by atoms with Crippen molar-refractivity contribution in [1.29, 1.82) is 0 Å². The van der Waals surface area contributed by atoms with E-state index in [9.17, 15) is 19.5 Å². The lowest BCUT2D eigenvalue weighted by molar-refractivity contribution is -0.168. The van der Waals surface area contributed by atoms with E-state index in [4.69, 9.17) is 4.74 Å². The smallest absolute Gasteiger partial charge is 0.332 e. The monoisotopic (exact) mass is 616 g/mol. The van der Waals surface area contributed by atoms with E-state index in [2.05, 4.69) is 12.2 Å². The average molecular weight is 617 g/mol. The molecule has 0 aliphatic carbocycles. The van der Waals surface area contributed by atoms with Gasteiger partial charge >= 0.3 is 6.03 Å². The van der Waals surface area contributed by atoms with Crippen LogP contribution in [0.1, 0.15) is 42.9 Å². The summed E-state index contributed by atoms with van der Waals surface area (Å²) in [7, 11) is 1.46. The third-order valence-electron chi connectivity index (χ3n) is 8.74. The Bertz CT molecular complexity index is 1490. The SMILES string of the molecule is CCCCCN1CC(=O)C2C(Cc3ccc(O)cc3)C(=O)N(Cc3ccc(OC)cc3F)CC2N1C(=O)NCc1ccccc1.